The lowest BCUT2D eigenvalue weighted by atomic mass is 9.70. The fourth-order valence-electron chi connectivity index (χ4n) is 4.30. The van der Waals surface area contributed by atoms with Gasteiger partial charge in [0, 0.05) is 5.41 Å². The summed E-state index contributed by atoms with van der Waals surface area (Å²) in [5.41, 5.74) is 6.28. The second kappa shape index (κ2) is 4.67. The van der Waals surface area contributed by atoms with E-state index in [1.807, 2.05) is 0 Å². The van der Waals surface area contributed by atoms with Crippen LogP contribution in [0.1, 0.15) is 45.6 Å². The molecule has 2 N–H and O–H groups in total. The Morgan fingerprint density at radius 3 is 2.62 bits per heavy atom. The van der Waals surface area contributed by atoms with Gasteiger partial charge in [0.2, 0.25) is 0 Å². The molecule has 21 heavy (non-hydrogen) atoms. The van der Waals surface area contributed by atoms with E-state index in [1.54, 1.807) is 12.1 Å². The zero-order chi connectivity index (χ0) is 15.4. The average molecular weight is 307 g/mol. The maximum Gasteiger partial charge on any atom is 0.137 e. The van der Waals surface area contributed by atoms with Crippen molar-refractivity contribution in [1.29, 1.82) is 0 Å². The highest BCUT2D eigenvalue weighted by Crippen LogP contribution is 2.66. The van der Waals surface area contributed by atoms with Gasteiger partial charge in [-0.15, -0.1) is 0 Å². The van der Waals surface area contributed by atoms with Gasteiger partial charge in [-0.2, -0.15) is 0 Å². The Bertz CT molecular complexity index is 600. The van der Waals surface area contributed by atoms with E-state index >= 15 is 0 Å². The number of hydrogen-bond donors (Lipinski definition) is 1. The maximum absolute atomic E-state index is 14.0. The molecule has 2 nitrogen and oxygen atoms in total. The Morgan fingerprint density at radius 1 is 1.38 bits per heavy atom. The van der Waals surface area contributed by atoms with Crippen LogP contribution in [0.2, 0.25) is 0 Å². The third-order valence-corrected chi connectivity index (χ3v) is 6.41. The van der Waals surface area contributed by atoms with Crippen molar-refractivity contribution < 1.29 is 9.13 Å². The van der Waals surface area contributed by atoms with E-state index in [9.17, 15) is 4.39 Å². The Labute approximate surface area is 130 Å². The molecule has 1 aromatic rings. The van der Waals surface area contributed by atoms with Crippen molar-refractivity contribution >= 4 is 17.2 Å². The molecule has 3 atom stereocenters. The Kier molecular flexibility index (Phi) is 3.28. The van der Waals surface area contributed by atoms with Gasteiger partial charge in [0.05, 0.1) is 5.56 Å². The smallest absolute Gasteiger partial charge is 0.137 e. The van der Waals surface area contributed by atoms with E-state index in [0.29, 0.717) is 11.7 Å². The van der Waals surface area contributed by atoms with Crippen LogP contribution in [0.5, 0.6) is 5.75 Å². The van der Waals surface area contributed by atoms with Gasteiger partial charge in [-0.1, -0.05) is 39.1 Å². The summed E-state index contributed by atoms with van der Waals surface area (Å²) < 4.78 is 20.2. The minimum atomic E-state index is -0.410. The molecule has 2 aliphatic rings. The number of thiocarbonyl (C=S) groups is 1. The zero-order valence-electron chi connectivity index (χ0n) is 12.8. The van der Waals surface area contributed by atoms with E-state index in [-0.39, 0.29) is 27.5 Å². The van der Waals surface area contributed by atoms with Crippen LogP contribution in [-0.4, -0.2) is 11.1 Å². The van der Waals surface area contributed by atoms with E-state index in [0.717, 1.165) is 12.8 Å². The van der Waals surface area contributed by atoms with E-state index < -0.39 is 5.82 Å². The van der Waals surface area contributed by atoms with Gasteiger partial charge < -0.3 is 10.5 Å². The van der Waals surface area contributed by atoms with E-state index in [1.165, 1.54) is 12.5 Å². The summed E-state index contributed by atoms with van der Waals surface area (Å²) in [6.45, 7) is 6.95. The molecular weight excluding hydrogens is 285 g/mol. The largest absolute Gasteiger partial charge is 0.489 e. The lowest BCUT2D eigenvalue weighted by molar-refractivity contribution is 0.0299. The van der Waals surface area contributed by atoms with Crippen LogP contribution in [0.15, 0.2) is 18.2 Å². The quantitative estimate of drug-likeness (QED) is 0.856. The highest BCUT2D eigenvalue weighted by Gasteiger charge is 2.62. The Morgan fingerprint density at radius 2 is 2.10 bits per heavy atom. The Balaban J connectivity index is 1.93. The minimum absolute atomic E-state index is 0.0515. The number of ether oxygens (including phenoxy) is 1. The van der Waals surface area contributed by atoms with Crippen molar-refractivity contribution in [3.8, 4) is 5.75 Å². The molecule has 0 radical (unpaired) electrons. The number of benzene rings is 1. The first-order valence-corrected chi connectivity index (χ1v) is 7.93. The first-order valence-electron chi connectivity index (χ1n) is 7.52. The van der Waals surface area contributed by atoms with Gasteiger partial charge in [-0.05, 0) is 42.7 Å². The number of rotatable bonds is 3. The summed E-state index contributed by atoms with van der Waals surface area (Å²) in [4.78, 5) is 0.0515. The maximum atomic E-state index is 14.0. The molecular formula is C17H22FNOS. The molecule has 2 fully saturated rings. The molecule has 4 heteroatoms. The highest BCUT2D eigenvalue weighted by molar-refractivity contribution is 7.80. The monoisotopic (exact) mass is 307 g/mol. The fraction of sp³-hybridized carbons (Fsp3) is 0.588. The number of fused-ring (bicyclic) bond motifs is 2. The normalized spacial score (nSPS) is 33.1. The van der Waals surface area contributed by atoms with Gasteiger partial charge in [0.25, 0.3) is 0 Å². The van der Waals surface area contributed by atoms with Crippen LogP contribution in [0.3, 0.4) is 0 Å². The topological polar surface area (TPSA) is 35.2 Å². The minimum Gasteiger partial charge on any atom is -0.489 e. The third-order valence-electron chi connectivity index (χ3n) is 6.20. The summed E-state index contributed by atoms with van der Waals surface area (Å²) in [7, 11) is 0. The molecule has 3 rings (SSSR count). The molecule has 0 saturated heterocycles. The van der Waals surface area contributed by atoms with Crippen molar-refractivity contribution in [2.45, 2.75) is 46.1 Å². The van der Waals surface area contributed by atoms with E-state index in [2.05, 4.69) is 20.8 Å². The van der Waals surface area contributed by atoms with Gasteiger partial charge in [0.1, 0.15) is 22.7 Å². The molecule has 2 bridgehead atoms. The van der Waals surface area contributed by atoms with Crippen molar-refractivity contribution in [2.75, 3.05) is 0 Å². The summed E-state index contributed by atoms with van der Waals surface area (Å²) >= 11 is 4.98. The molecule has 114 valence electrons. The molecule has 2 saturated carbocycles. The summed E-state index contributed by atoms with van der Waals surface area (Å²) in [6, 6.07) is 4.78. The summed E-state index contributed by atoms with van der Waals surface area (Å²) in [5.74, 6) is 0.749. The summed E-state index contributed by atoms with van der Waals surface area (Å²) in [6.07, 6.45) is 3.54. The highest BCUT2D eigenvalue weighted by atomic mass is 32.1. The van der Waals surface area contributed by atoms with Crippen LogP contribution in [0, 0.1) is 22.6 Å². The van der Waals surface area contributed by atoms with Gasteiger partial charge in [-0.3, -0.25) is 0 Å². The number of halogens is 1. The number of hydrogen-bond acceptors (Lipinski definition) is 2. The van der Waals surface area contributed by atoms with Crippen molar-refractivity contribution in [3.05, 3.63) is 29.6 Å². The van der Waals surface area contributed by atoms with Crippen LogP contribution >= 0.6 is 12.2 Å². The fourth-order valence-corrected chi connectivity index (χ4v) is 4.50. The molecule has 1 aromatic carbocycles. The van der Waals surface area contributed by atoms with Crippen LogP contribution in [-0.2, 0) is 0 Å². The van der Waals surface area contributed by atoms with Crippen molar-refractivity contribution in [3.63, 3.8) is 0 Å². The average Bonchev–Trinajstić information content (AvgIpc) is 2.71. The zero-order valence-corrected chi connectivity index (χ0v) is 13.6. The third kappa shape index (κ3) is 1.99. The second-order valence-corrected chi connectivity index (χ2v) is 7.63. The molecule has 0 heterocycles. The standard InChI is InChI=1S/C17H22FNOS/c1-16(2)10-7-8-17(16,3)13(9-10)20-12-6-4-5-11(18)14(12)15(19)21/h4-6,10,13H,7-9H2,1-3H3,(H2,19,21). The van der Waals surface area contributed by atoms with Crippen LogP contribution in [0.25, 0.3) is 0 Å². The molecule has 2 aliphatic carbocycles. The van der Waals surface area contributed by atoms with Crippen molar-refractivity contribution in [2.24, 2.45) is 22.5 Å². The van der Waals surface area contributed by atoms with Crippen molar-refractivity contribution in [1.82, 2.24) is 0 Å². The lowest BCUT2D eigenvalue weighted by Gasteiger charge is -2.39. The van der Waals surface area contributed by atoms with E-state index in [4.69, 9.17) is 22.7 Å². The second-order valence-electron chi connectivity index (χ2n) is 7.19. The molecule has 0 amide bonds. The SMILES string of the molecule is CC1(C)C2CCC1(C)C(Oc1cccc(F)c1C(N)=S)C2. The Hall–Kier alpha value is -1.16. The van der Waals surface area contributed by atoms with Gasteiger partial charge in [-0.25, -0.2) is 4.39 Å². The summed E-state index contributed by atoms with van der Waals surface area (Å²) in [5, 5.41) is 0. The first-order chi connectivity index (χ1) is 9.77. The predicted octanol–water partition coefficient (Wildman–Crippen LogP) is 4.05. The van der Waals surface area contributed by atoms with Gasteiger partial charge >= 0.3 is 0 Å². The molecule has 0 spiro atoms. The van der Waals surface area contributed by atoms with Crippen LogP contribution < -0.4 is 10.5 Å². The number of nitrogens with two attached hydrogens (primary N) is 1. The predicted molar refractivity (Wildman–Crippen MR) is 85.9 cm³/mol. The molecule has 3 unspecified atom stereocenters. The van der Waals surface area contributed by atoms with Crippen LogP contribution in [0.4, 0.5) is 4.39 Å². The van der Waals surface area contributed by atoms with Gasteiger partial charge in [0.15, 0.2) is 0 Å². The molecule has 0 aromatic heterocycles. The first kappa shape index (κ1) is 14.8. The molecule has 0 aliphatic heterocycles. The lowest BCUT2D eigenvalue weighted by Crippen LogP contribution is -2.39.